The SMILES string of the molecule is [C-]#[N+]c1cc2c(Oc3ccc(NC(=O)Nc4ccccc4)cc3)ccnc2cc1[O-].[Na+]. The number of amides is 2. The quantitative estimate of drug-likeness (QED) is 0.393. The van der Waals surface area contributed by atoms with Gasteiger partial charge >= 0.3 is 35.6 Å². The first-order chi connectivity index (χ1) is 14.6. The number of para-hydroxylation sites is 1. The van der Waals surface area contributed by atoms with Gasteiger partial charge in [-0.15, -0.1) is 5.75 Å². The third-order valence-electron chi connectivity index (χ3n) is 4.27. The number of rotatable bonds is 4. The molecule has 0 radical (unpaired) electrons. The average Bonchev–Trinajstić information content (AvgIpc) is 2.75. The van der Waals surface area contributed by atoms with Gasteiger partial charge in [0.2, 0.25) is 0 Å². The van der Waals surface area contributed by atoms with Crippen LogP contribution in [0.4, 0.5) is 21.9 Å². The van der Waals surface area contributed by atoms with E-state index in [-0.39, 0.29) is 47.0 Å². The largest absolute Gasteiger partial charge is 1.00 e. The standard InChI is InChI=1S/C23H16N4O3.Na/c1-24-20-13-18-19(14-21(20)28)25-12-11-22(18)30-17-9-7-16(8-10-17)27-23(29)26-15-5-3-2-4-6-15;/h2-14,28H,(H2,26,27,29);/q;+1/p-1. The Hall–Kier alpha value is -3.57. The molecular formula is C23H15N4NaO3. The molecule has 0 bridgehead atoms. The second-order valence-electron chi connectivity index (χ2n) is 6.33. The molecule has 0 saturated heterocycles. The minimum Gasteiger partial charge on any atom is -0.881 e. The fourth-order valence-electron chi connectivity index (χ4n) is 2.86. The summed E-state index contributed by atoms with van der Waals surface area (Å²) in [4.78, 5) is 19.5. The maximum atomic E-state index is 12.1. The van der Waals surface area contributed by atoms with E-state index in [4.69, 9.17) is 11.3 Å². The fourth-order valence-corrected chi connectivity index (χ4v) is 2.86. The molecule has 4 rings (SSSR count). The van der Waals surface area contributed by atoms with Crippen molar-refractivity contribution in [1.82, 2.24) is 4.98 Å². The van der Waals surface area contributed by atoms with E-state index in [1.165, 1.54) is 12.1 Å². The summed E-state index contributed by atoms with van der Waals surface area (Å²) in [5.74, 6) is 0.644. The molecule has 3 aromatic carbocycles. The van der Waals surface area contributed by atoms with Crippen LogP contribution in [-0.4, -0.2) is 11.0 Å². The average molecular weight is 418 g/mol. The number of anilines is 2. The van der Waals surface area contributed by atoms with E-state index >= 15 is 0 Å². The molecule has 1 heterocycles. The second-order valence-corrected chi connectivity index (χ2v) is 6.33. The normalized spacial score (nSPS) is 9.90. The molecule has 0 atom stereocenters. The van der Waals surface area contributed by atoms with Crippen molar-refractivity contribution in [3.05, 3.63) is 90.4 Å². The minimum absolute atomic E-state index is 0. The van der Waals surface area contributed by atoms with Gasteiger partial charge in [0.15, 0.2) is 5.69 Å². The van der Waals surface area contributed by atoms with Crippen LogP contribution in [0.2, 0.25) is 0 Å². The Bertz CT molecular complexity index is 1260. The van der Waals surface area contributed by atoms with Gasteiger partial charge in [0.25, 0.3) is 0 Å². The maximum Gasteiger partial charge on any atom is 1.00 e. The van der Waals surface area contributed by atoms with Gasteiger partial charge in [-0.25, -0.2) is 9.64 Å². The molecule has 8 heteroatoms. The number of urea groups is 1. The number of nitrogens with one attached hydrogen (secondary N) is 2. The Labute approximate surface area is 200 Å². The van der Waals surface area contributed by atoms with E-state index < -0.39 is 0 Å². The van der Waals surface area contributed by atoms with E-state index in [0.29, 0.717) is 33.8 Å². The van der Waals surface area contributed by atoms with E-state index in [9.17, 15) is 9.90 Å². The fraction of sp³-hybridized carbons (Fsp3) is 0. The molecule has 0 spiro atoms. The summed E-state index contributed by atoms with van der Waals surface area (Å²) in [5.41, 5.74) is 1.77. The zero-order valence-corrected chi connectivity index (χ0v) is 18.6. The van der Waals surface area contributed by atoms with Crippen molar-refractivity contribution < 1.29 is 44.2 Å². The zero-order valence-electron chi connectivity index (χ0n) is 16.6. The number of fused-ring (bicyclic) bond motifs is 1. The van der Waals surface area contributed by atoms with Crippen molar-refractivity contribution in [2.24, 2.45) is 0 Å². The Morgan fingerprint density at radius 3 is 2.32 bits per heavy atom. The molecule has 31 heavy (non-hydrogen) atoms. The van der Waals surface area contributed by atoms with E-state index in [0.717, 1.165) is 0 Å². The van der Waals surface area contributed by atoms with Crippen LogP contribution in [-0.2, 0) is 0 Å². The number of hydrogen-bond donors (Lipinski definition) is 2. The number of carbonyl (C=O) groups excluding carboxylic acids is 1. The first-order valence-electron chi connectivity index (χ1n) is 9.00. The summed E-state index contributed by atoms with van der Waals surface area (Å²) < 4.78 is 5.91. The number of pyridine rings is 1. The summed E-state index contributed by atoms with van der Waals surface area (Å²) in [6, 6.07) is 20.1. The van der Waals surface area contributed by atoms with Crippen LogP contribution in [0, 0.1) is 6.57 Å². The minimum atomic E-state index is -0.369. The molecule has 0 fully saturated rings. The van der Waals surface area contributed by atoms with Crippen LogP contribution in [0.3, 0.4) is 0 Å². The third kappa shape index (κ3) is 5.32. The van der Waals surface area contributed by atoms with E-state index in [1.807, 2.05) is 18.2 Å². The molecule has 0 unspecified atom stereocenters. The number of nitrogens with zero attached hydrogens (tertiary/aromatic N) is 2. The van der Waals surface area contributed by atoms with Gasteiger partial charge in [0.1, 0.15) is 11.5 Å². The van der Waals surface area contributed by atoms with E-state index in [2.05, 4.69) is 20.5 Å². The summed E-state index contributed by atoms with van der Waals surface area (Å²) in [5, 5.41) is 17.9. The summed E-state index contributed by atoms with van der Waals surface area (Å²) in [7, 11) is 0. The molecule has 0 aliphatic carbocycles. The third-order valence-corrected chi connectivity index (χ3v) is 4.27. The Morgan fingerprint density at radius 2 is 1.65 bits per heavy atom. The molecule has 146 valence electrons. The van der Waals surface area contributed by atoms with Crippen LogP contribution < -0.4 is 50.0 Å². The van der Waals surface area contributed by atoms with E-state index in [1.54, 1.807) is 48.7 Å². The van der Waals surface area contributed by atoms with Crippen molar-refractivity contribution in [3.63, 3.8) is 0 Å². The van der Waals surface area contributed by atoms with Crippen molar-refractivity contribution in [2.45, 2.75) is 0 Å². The predicted octanol–water partition coefficient (Wildman–Crippen LogP) is 2.30. The Morgan fingerprint density at radius 1 is 0.968 bits per heavy atom. The van der Waals surface area contributed by atoms with Crippen LogP contribution in [0.1, 0.15) is 0 Å². The first kappa shape index (κ1) is 22.1. The second kappa shape index (κ2) is 9.96. The molecule has 1 aromatic heterocycles. The summed E-state index contributed by atoms with van der Waals surface area (Å²) >= 11 is 0. The number of ether oxygens (including phenoxy) is 1. The number of hydrogen-bond acceptors (Lipinski definition) is 4. The van der Waals surface area contributed by atoms with Gasteiger partial charge in [0.05, 0.1) is 12.1 Å². The molecule has 0 aliphatic heterocycles. The molecule has 0 aliphatic rings. The van der Waals surface area contributed by atoms with Crippen LogP contribution in [0.15, 0.2) is 79.0 Å². The van der Waals surface area contributed by atoms with Gasteiger partial charge < -0.3 is 20.5 Å². The van der Waals surface area contributed by atoms with Gasteiger partial charge in [0, 0.05) is 23.0 Å². The van der Waals surface area contributed by atoms with Crippen LogP contribution in [0.25, 0.3) is 15.7 Å². The number of carbonyl (C=O) groups is 1. The topological polar surface area (TPSA) is 90.7 Å². The summed E-state index contributed by atoms with van der Waals surface area (Å²) in [6.45, 7) is 7.13. The van der Waals surface area contributed by atoms with Gasteiger partial charge in [-0.3, -0.25) is 4.98 Å². The maximum absolute atomic E-state index is 12.1. The molecule has 2 N–H and O–H groups in total. The summed E-state index contributed by atoms with van der Waals surface area (Å²) in [6.07, 6.45) is 1.54. The van der Waals surface area contributed by atoms with Gasteiger partial charge in [-0.05, 0) is 48.5 Å². The number of aromatic nitrogens is 1. The van der Waals surface area contributed by atoms with Crippen LogP contribution in [0.5, 0.6) is 17.2 Å². The van der Waals surface area contributed by atoms with Crippen molar-refractivity contribution >= 4 is 34.0 Å². The molecule has 0 saturated carbocycles. The predicted molar refractivity (Wildman–Crippen MR) is 113 cm³/mol. The molecule has 2 amide bonds. The first-order valence-corrected chi connectivity index (χ1v) is 9.00. The van der Waals surface area contributed by atoms with Crippen LogP contribution >= 0.6 is 0 Å². The Balaban J connectivity index is 0.00000272. The van der Waals surface area contributed by atoms with Gasteiger partial charge in [-0.2, -0.15) is 0 Å². The van der Waals surface area contributed by atoms with Crippen molar-refractivity contribution in [3.8, 4) is 17.2 Å². The number of benzene rings is 3. The zero-order chi connectivity index (χ0) is 20.9. The molecule has 7 nitrogen and oxygen atoms in total. The van der Waals surface area contributed by atoms with Crippen molar-refractivity contribution in [1.29, 1.82) is 0 Å². The monoisotopic (exact) mass is 418 g/mol. The molecule has 4 aromatic rings. The van der Waals surface area contributed by atoms with Gasteiger partial charge in [-0.1, -0.05) is 24.3 Å². The Kier molecular flexibility index (Phi) is 7.11. The molecular weight excluding hydrogens is 403 g/mol. The smallest absolute Gasteiger partial charge is 0.881 e. The van der Waals surface area contributed by atoms with Crippen molar-refractivity contribution in [2.75, 3.05) is 10.6 Å².